The van der Waals surface area contributed by atoms with Gasteiger partial charge in [0.1, 0.15) is 11.4 Å². The van der Waals surface area contributed by atoms with Gasteiger partial charge in [0, 0.05) is 37.3 Å². The fourth-order valence-corrected chi connectivity index (χ4v) is 4.85. The lowest BCUT2D eigenvalue weighted by Crippen LogP contribution is -2.56. The van der Waals surface area contributed by atoms with Gasteiger partial charge in [-0.05, 0) is 43.7 Å². The standard InChI is InChI=1S/C23H26F3N5O4/c1-27-21(32)30-12-17(7-14-9-19(14)30)31(16-5-6-16)22(33)28-11-15-10-20(35-29-15)13-3-2-4-18(8-13)34-23(24,25)26/h2-4,8,10,14,16-17,19H,5-7,9,11-12H2,1H3,(H,27,32)(H,28,33)/t14?,17-,19?/m1/s1. The van der Waals surface area contributed by atoms with Crippen molar-refractivity contribution in [1.29, 1.82) is 0 Å². The van der Waals surface area contributed by atoms with Crippen molar-refractivity contribution in [3.8, 4) is 17.1 Å². The number of nitrogens with one attached hydrogen (secondary N) is 2. The molecular formula is C23H26F3N5O4. The fraction of sp³-hybridized carbons (Fsp3) is 0.522. The minimum absolute atomic E-state index is 0.0483. The number of carbonyl (C=O) groups excluding carboxylic acids is 2. The number of piperidine rings is 1. The molecule has 2 aromatic rings. The summed E-state index contributed by atoms with van der Waals surface area (Å²) in [6, 6.07) is 7.01. The van der Waals surface area contributed by atoms with Crippen LogP contribution in [0.15, 0.2) is 34.9 Å². The molecular weight excluding hydrogens is 467 g/mol. The van der Waals surface area contributed by atoms with Crippen molar-refractivity contribution in [2.24, 2.45) is 5.92 Å². The Labute approximate surface area is 199 Å². The second kappa shape index (κ2) is 8.97. The predicted octanol–water partition coefficient (Wildman–Crippen LogP) is 3.72. The molecule has 0 bridgehead atoms. The van der Waals surface area contributed by atoms with Gasteiger partial charge < -0.3 is 29.7 Å². The molecule has 3 atom stereocenters. The molecule has 2 unspecified atom stereocenters. The number of urea groups is 2. The maximum absolute atomic E-state index is 13.1. The molecule has 2 N–H and O–H groups in total. The van der Waals surface area contributed by atoms with Crippen LogP contribution in [0.3, 0.4) is 0 Å². The number of likely N-dealkylation sites (tertiary alicyclic amines) is 1. The van der Waals surface area contributed by atoms with E-state index in [0.29, 0.717) is 23.7 Å². The van der Waals surface area contributed by atoms with Crippen molar-refractivity contribution >= 4 is 12.1 Å². The fourth-order valence-electron chi connectivity index (χ4n) is 4.85. The van der Waals surface area contributed by atoms with Crippen LogP contribution >= 0.6 is 0 Å². The average molecular weight is 493 g/mol. The van der Waals surface area contributed by atoms with Crippen LogP contribution in [0.4, 0.5) is 22.8 Å². The van der Waals surface area contributed by atoms with Crippen LogP contribution < -0.4 is 15.4 Å². The molecule has 35 heavy (non-hydrogen) atoms. The van der Waals surface area contributed by atoms with E-state index in [-0.39, 0.29) is 48.2 Å². The Kier molecular flexibility index (Phi) is 5.97. The van der Waals surface area contributed by atoms with Crippen molar-refractivity contribution in [3.63, 3.8) is 0 Å². The van der Waals surface area contributed by atoms with Gasteiger partial charge in [0.05, 0.1) is 12.6 Å². The Morgan fingerprint density at radius 1 is 1.23 bits per heavy atom. The van der Waals surface area contributed by atoms with Crippen LogP contribution in [0.2, 0.25) is 0 Å². The van der Waals surface area contributed by atoms with E-state index in [9.17, 15) is 22.8 Å². The molecule has 0 radical (unpaired) electrons. The summed E-state index contributed by atoms with van der Waals surface area (Å²) >= 11 is 0. The van der Waals surface area contributed by atoms with Gasteiger partial charge in [0.25, 0.3) is 0 Å². The van der Waals surface area contributed by atoms with Crippen molar-refractivity contribution in [3.05, 3.63) is 36.0 Å². The smallest absolute Gasteiger partial charge is 0.406 e. The maximum Gasteiger partial charge on any atom is 0.573 e. The Morgan fingerprint density at radius 3 is 2.74 bits per heavy atom. The summed E-state index contributed by atoms with van der Waals surface area (Å²) < 4.78 is 46.7. The summed E-state index contributed by atoms with van der Waals surface area (Å²) in [5.74, 6) is 0.321. The summed E-state index contributed by atoms with van der Waals surface area (Å²) in [5.41, 5.74) is 0.802. The van der Waals surface area contributed by atoms with Gasteiger partial charge in [-0.1, -0.05) is 17.3 Å². The summed E-state index contributed by atoms with van der Waals surface area (Å²) in [5, 5.41) is 9.51. The van der Waals surface area contributed by atoms with E-state index in [1.54, 1.807) is 19.2 Å². The van der Waals surface area contributed by atoms with Gasteiger partial charge in [-0.25, -0.2) is 9.59 Å². The minimum atomic E-state index is -4.79. The number of alkyl halides is 3. The molecule has 4 amide bonds. The van der Waals surface area contributed by atoms with E-state index in [0.717, 1.165) is 25.7 Å². The highest BCUT2D eigenvalue weighted by Gasteiger charge is 2.52. The van der Waals surface area contributed by atoms with E-state index in [4.69, 9.17) is 4.52 Å². The highest BCUT2D eigenvalue weighted by atomic mass is 19.4. The second-order valence-corrected chi connectivity index (χ2v) is 9.22. The van der Waals surface area contributed by atoms with Crippen molar-refractivity contribution in [1.82, 2.24) is 25.6 Å². The number of amides is 4. The molecule has 1 saturated heterocycles. The number of rotatable bonds is 6. The zero-order valence-corrected chi connectivity index (χ0v) is 19.0. The number of hydrogen-bond donors (Lipinski definition) is 2. The van der Waals surface area contributed by atoms with Gasteiger partial charge >= 0.3 is 18.4 Å². The highest BCUT2D eigenvalue weighted by Crippen LogP contribution is 2.45. The molecule has 3 aliphatic rings. The van der Waals surface area contributed by atoms with E-state index in [1.165, 1.54) is 18.2 Å². The quantitative estimate of drug-likeness (QED) is 0.639. The van der Waals surface area contributed by atoms with E-state index in [2.05, 4.69) is 20.5 Å². The number of ether oxygens (including phenoxy) is 1. The first-order valence-electron chi connectivity index (χ1n) is 11.6. The van der Waals surface area contributed by atoms with Gasteiger partial charge in [-0.15, -0.1) is 13.2 Å². The largest absolute Gasteiger partial charge is 0.573 e. The lowest BCUT2D eigenvalue weighted by atomic mass is 10.0. The Bertz CT molecular complexity index is 1100. The average Bonchev–Trinajstić information content (AvgIpc) is 3.74. The number of hydrogen-bond acceptors (Lipinski definition) is 5. The minimum Gasteiger partial charge on any atom is -0.406 e. The van der Waals surface area contributed by atoms with Crippen molar-refractivity contribution < 1.29 is 32.0 Å². The first kappa shape index (κ1) is 23.3. The molecule has 5 rings (SSSR count). The molecule has 2 aliphatic carbocycles. The van der Waals surface area contributed by atoms with Crippen LogP contribution in [0.25, 0.3) is 11.3 Å². The third kappa shape index (κ3) is 5.30. The monoisotopic (exact) mass is 493 g/mol. The number of nitrogens with zero attached hydrogens (tertiary/aromatic N) is 3. The molecule has 1 aliphatic heterocycles. The first-order valence-corrected chi connectivity index (χ1v) is 11.6. The summed E-state index contributed by atoms with van der Waals surface area (Å²) in [6.07, 6.45) is -1.07. The molecule has 1 aromatic heterocycles. The Hall–Kier alpha value is -3.44. The Balaban J connectivity index is 1.22. The van der Waals surface area contributed by atoms with Crippen LogP contribution in [-0.4, -0.2) is 65.1 Å². The zero-order valence-electron chi connectivity index (χ0n) is 19.0. The lowest BCUT2D eigenvalue weighted by molar-refractivity contribution is -0.274. The number of aromatic nitrogens is 1. The van der Waals surface area contributed by atoms with E-state index >= 15 is 0 Å². The lowest BCUT2D eigenvalue weighted by Gasteiger charge is -2.39. The van der Waals surface area contributed by atoms with Crippen LogP contribution in [0.5, 0.6) is 5.75 Å². The maximum atomic E-state index is 13.1. The third-order valence-electron chi connectivity index (χ3n) is 6.64. The van der Waals surface area contributed by atoms with Crippen molar-refractivity contribution in [2.75, 3.05) is 13.6 Å². The zero-order chi connectivity index (χ0) is 24.7. The molecule has 1 aromatic carbocycles. The Morgan fingerprint density at radius 2 is 2.03 bits per heavy atom. The predicted molar refractivity (Wildman–Crippen MR) is 117 cm³/mol. The van der Waals surface area contributed by atoms with Crippen LogP contribution in [-0.2, 0) is 6.54 Å². The van der Waals surface area contributed by atoms with Crippen LogP contribution in [0.1, 0.15) is 31.4 Å². The van der Waals surface area contributed by atoms with Gasteiger partial charge in [-0.2, -0.15) is 0 Å². The molecule has 2 saturated carbocycles. The van der Waals surface area contributed by atoms with E-state index in [1.807, 2.05) is 9.80 Å². The number of benzene rings is 1. The highest BCUT2D eigenvalue weighted by molar-refractivity contribution is 5.77. The summed E-state index contributed by atoms with van der Waals surface area (Å²) in [4.78, 5) is 29.1. The normalized spacial score (nSPS) is 23.3. The summed E-state index contributed by atoms with van der Waals surface area (Å²) in [6.45, 7) is 0.609. The van der Waals surface area contributed by atoms with Crippen LogP contribution in [0, 0.1) is 5.92 Å². The number of fused-ring (bicyclic) bond motifs is 1. The topological polar surface area (TPSA) is 99.9 Å². The summed E-state index contributed by atoms with van der Waals surface area (Å²) in [7, 11) is 1.61. The molecule has 3 fully saturated rings. The SMILES string of the molecule is CNC(=O)N1C[C@H](N(C(=O)NCc2cc(-c3cccc(OC(F)(F)F)c3)on2)C2CC2)CC2CC21. The molecule has 188 valence electrons. The number of carbonyl (C=O) groups is 2. The second-order valence-electron chi connectivity index (χ2n) is 9.22. The molecule has 9 nitrogen and oxygen atoms in total. The molecule has 0 spiro atoms. The van der Waals surface area contributed by atoms with Gasteiger partial charge in [0.15, 0.2) is 5.76 Å². The third-order valence-corrected chi connectivity index (χ3v) is 6.64. The van der Waals surface area contributed by atoms with Gasteiger partial charge in [-0.3, -0.25) is 0 Å². The number of halogens is 3. The van der Waals surface area contributed by atoms with Gasteiger partial charge in [0.2, 0.25) is 0 Å². The van der Waals surface area contributed by atoms with Crippen molar-refractivity contribution in [2.45, 2.75) is 56.7 Å². The van der Waals surface area contributed by atoms with E-state index < -0.39 is 6.36 Å². The first-order chi connectivity index (χ1) is 16.7. The molecule has 2 heterocycles. The molecule has 12 heteroatoms.